The van der Waals surface area contributed by atoms with Gasteiger partial charge in [-0.3, -0.25) is 4.79 Å². The maximum atomic E-state index is 14.3. The van der Waals surface area contributed by atoms with E-state index >= 15 is 0 Å². The predicted octanol–water partition coefficient (Wildman–Crippen LogP) is 4.33. The van der Waals surface area contributed by atoms with Crippen LogP contribution in [-0.2, 0) is 27.2 Å². The molecule has 0 atom stereocenters. The molecule has 2 N–H and O–H groups in total. The largest absolute Gasteiger partial charge is 0.490 e. The number of carbonyl (C=O) groups is 2. The minimum atomic E-state index is -0.569. The summed E-state index contributed by atoms with van der Waals surface area (Å²) in [4.78, 5) is 24.9. The third kappa shape index (κ3) is 6.57. The van der Waals surface area contributed by atoms with Gasteiger partial charge < -0.3 is 29.7 Å². The Morgan fingerprint density at radius 3 is 2.82 bits per heavy atom. The average Bonchev–Trinajstić information content (AvgIpc) is 3.52. The van der Waals surface area contributed by atoms with Gasteiger partial charge in [0.1, 0.15) is 35.7 Å². The van der Waals surface area contributed by atoms with E-state index in [1.165, 1.54) is 34.2 Å². The van der Waals surface area contributed by atoms with Crippen molar-refractivity contribution in [3.63, 3.8) is 0 Å². The Morgan fingerprint density at radius 2 is 1.95 bits per heavy atom. The average molecular weight is 618 g/mol. The zero-order valence-corrected chi connectivity index (χ0v) is 24.8. The zero-order valence-electron chi connectivity index (χ0n) is 24.0. The minimum Gasteiger partial charge on any atom is -0.490 e. The summed E-state index contributed by atoms with van der Waals surface area (Å²) in [5, 5.41) is 18.2. The van der Waals surface area contributed by atoms with E-state index in [0.29, 0.717) is 30.1 Å². The number of alkyl carbamates (subject to hydrolysis) is 1. The first-order chi connectivity index (χ1) is 21.5. The van der Waals surface area contributed by atoms with Crippen LogP contribution in [0.15, 0.2) is 60.5 Å². The summed E-state index contributed by atoms with van der Waals surface area (Å²) in [5.74, 6) is -0.264. The number of likely N-dealkylation sites (tertiary alicyclic amines) is 1. The molecule has 1 saturated heterocycles. The highest BCUT2D eigenvalue weighted by molar-refractivity contribution is 7.17. The van der Waals surface area contributed by atoms with Crippen molar-refractivity contribution >= 4 is 33.4 Å². The summed E-state index contributed by atoms with van der Waals surface area (Å²) in [5.41, 5.74) is 5.75. The fraction of sp³-hybridized carbons (Fsp3) is 0.312. The molecule has 6 rings (SSSR count). The van der Waals surface area contributed by atoms with Gasteiger partial charge in [0.25, 0.3) is 0 Å². The molecule has 2 aromatic carbocycles. The number of nitrogens with zero attached hydrogens (tertiary/aromatic N) is 3. The number of carbonyl (C=O) groups excluding carboxylic acids is 2. The fourth-order valence-corrected chi connectivity index (χ4v) is 6.15. The molecule has 228 valence electrons. The standard InChI is InChI=1S/C32H32FN5O5S/c1-2-28(39)38-18-24(19-38)43-32(40)35-10-11-41-12-13-42-27-16-23(33)5-6-25(27)30-31-26(8-14-44-31)29(36-37-30)21-3-4-22-17-34-9-7-20(22)15-21/h2-6,8,14-16,24,34H,1,7,9-13,17-19H2,(H,35,40). The monoisotopic (exact) mass is 617 g/mol. The lowest BCUT2D eigenvalue weighted by molar-refractivity contribution is -0.135. The normalized spacial score (nSPS) is 14.5. The van der Waals surface area contributed by atoms with Crippen molar-refractivity contribution in [3.8, 4) is 28.3 Å². The van der Waals surface area contributed by atoms with Gasteiger partial charge in [0.15, 0.2) is 0 Å². The number of ether oxygens (including phenoxy) is 3. The van der Waals surface area contributed by atoms with E-state index in [0.717, 1.165) is 40.9 Å². The van der Waals surface area contributed by atoms with Gasteiger partial charge in [-0.05, 0) is 59.8 Å². The van der Waals surface area contributed by atoms with Gasteiger partial charge in [-0.15, -0.1) is 21.5 Å². The molecule has 2 amide bonds. The predicted molar refractivity (Wildman–Crippen MR) is 165 cm³/mol. The van der Waals surface area contributed by atoms with Gasteiger partial charge in [0.2, 0.25) is 5.91 Å². The Morgan fingerprint density at radius 1 is 1.09 bits per heavy atom. The topological polar surface area (TPSA) is 115 Å². The molecule has 0 aliphatic carbocycles. The fourth-order valence-electron chi connectivity index (χ4n) is 5.26. The first kappa shape index (κ1) is 29.7. The number of rotatable bonds is 11. The molecule has 4 aromatic rings. The van der Waals surface area contributed by atoms with Crippen LogP contribution >= 0.6 is 11.3 Å². The molecular formula is C32H32FN5O5S. The first-order valence-electron chi connectivity index (χ1n) is 14.4. The van der Waals surface area contributed by atoms with E-state index in [1.807, 2.05) is 11.4 Å². The summed E-state index contributed by atoms with van der Waals surface area (Å²) < 4.78 is 31.9. The molecule has 44 heavy (non-hydrogen) atoms. The molecule has 10 nitrogen and oxygen atoms in total. The lowest BCUT2D eigenvalue weighted by Crippen LogP contribution is -2.55. The molecule has 4 heterocycles. The second-order valence-electron chi connectivity index (χ2n) is 10.5. The molecule has 0 unspecified atom stereocenters. The molecule has 2 aliphatic rings. The van der Waals surface area contributed by atoms with Crippen LogP contribution in [0.3, 0.4) is 0 Å². The lowest BCUT2D eigenvalue weighted by atomic mass is 9.96. The number of amides is 2. The number of aromatic nitrogens is 2. The lowest BCUT2D eigenvalue weighted by Gasteiger charge is -2.37. The molecule has 1 fully saturated rings. The maximum Gasteiger partial charge on any atom is 0.407 e. The van der Waals surface area contributed by atoms with Gasteiger partial charge in [-0.25, -0.2) is 9.18 Å². The number of halogens is 1. The highest BCUT2D eigenvalue weighted by Crippen LogP contribution is 2.39. The second-order valence-corrected chi connectivity index (χ2v) is 11.4. The number of nitrogens with one attached hydrogen (secondary N) is 2. The quantitative estimate of drug-likeness (QED) is 0.189. The second kappa shape index (κ2) is 13.5. The minimum absolute atomic E-state index is 0.166. The summed E-state index contributed by atoms with van der Waals surface area (Å²) in [6, 6.07) is 12.9. The van der Waals surface area contributed by atoms with Gasteiger partial charge in [-0.2, -0.15) is 0 Å². The van der Waals surface area contributed by atoms with Crippen LogP contribution in [-0.4, -0.2) is 79.2 Å². The molecule has 2 aromatic heterocycles. The number of thiophene rings is 1. The Hall–Kier alpha value is -4.39. The molecular weight excluding hydrogens is 585 g/mol. The Bertz CT molecular complexity index is 1690. The summed E-state index contributed by atoms with van der Waals surface area (Å²) in [6.45, 7) is 6.85. The number of hydrogen-bond acceptors (Lipinski definition) is 9. The van der Waals surface area contributed by atoms with E-state index in [-0.39, 0.29) is 38.4 Å². The van der Waals surface area contributed by atoms with E-state index < -0.39 is 11.9 Å². The Kier molecular flexibility index (Phi) is 9.10. The number of benzene rings is 2. The number of hydrogen-bond donors (Lipinski definition) is 2. The molecule has 2 aliphatic heterocycles. The van der Waals surface area contributed by atoms with Crippen LogP contribution in [0, 0.1) is 5.82 Å². The van der Waals surface area contributed by atoms with Crippen LogP contribution < -0.4 is 15.4 Å². The number of fused-ring (bicyclic) bond motifs is 2. The van der Waals surface area contributed by atoms with Crippen LogP contribution in [0.25, 0.3) is 32.6 Å². The smallest absolute Gasteiger partial charge is 0.407 e. The van der Waals surface area contributed by atoms with Crippen molar-refractivity contribution in [2.45, 2.75) is 19.1 Å². The molecule has 0 saturated carbocycles. The van der Waals surface area contributed by atoms with E-state index in [1.54, 1.807) is 17.4 Å². The van der Waals surface area contributed by atoms with Crippen molar-refractivity contribution in [3.05, 3.63) is 77.4 Å². The van der Waals surface area contributed by atoms with Crippen molar-refractivity contribution in [2.24, 2.45) is 0 Å². The SMILES string of the molecule is C=CC(=O)N1CC(OC(=O)NCCOCCOc2cc(F)ccc2-c2nnc(-c3ccc4c(c3)CCNC4)c3ccsc23)C1. The van der Waals surface area contributed by atoms with Crippen molar-refractivity contribution in [1.29, 1.82) is 0 Å². The molecule has 0 spiro atoms. The Labute approximate surface area is 257 Å². The molecule has 0 bridgehead atoms. The van der Waals surface area contributed by atoms with Gasteiger partial charge >= 0.3 is 6.09 Å². The van der Waals surface area contributed by atoms with Crippen LogP contribution in [0.2, 0.25) is 0 Å². The van der Waals surface area contributed by atoms with Gasteiger partial charge in [-0.1, -0.05) is 18.7 Å². The van der Waals surface area contributed by atoms with Crippen LogP contribution in [0.5, 0.6) is 5.75 Å². The van der Waals surface area contributed by atoms with Crippen molar-refractivity contribution in [2.75, 3.05) is 46.0 Å². The third-order valence-corrected chi connectivity index (χ3v) is 8.48. The van der Waals surface area contributed by atoms with Gasteiger partial charge in [0, 0.05) is 35.7 Å². The highest BCUT2D eigenvalue weighted by atomic mass is 32.1. The van der Waals surface area contributed by atoms with Crippen LogP contribution in [0.4, 0.5) is 9.18 Å². The molecule has 12 heteroatoms. The van der Waals surface area contributed by atoms with E-state index in [2.05, 4.69) is 45.6 Å². The Balaban J connectivity index is 1.04. The summed E-state index contributed by atoms with van der Waals surface area (Å²) >= 11 is 1.56. The summed E-state index contributed by atoms with van der Waals surface area (Å²) in [7, 11) is 0. The van der Waals surface area contributed by atoms with Crippen molar-refractivity contribution < 1.29 is 28.2 Å². The highest BCUT2D eigenvalue weighted by Gasteiger charge is 2.32. The maximum absolute atomic E-state index is 14.3. The molecule has 0 radical (unpaired) electrons. The zero-order chi connectivity index (χ0) is 30.5. The van der Waals surface area contributed by atoms with E-state index in [4.69, 9.17) is 14.2 Å². The van der Waals surface area contributed by atoms with Crippen LogP contribution in [0.1, 0.15) is 11.1 Å². The third-order valence-electron chi connectivity index (χ3n) is 7.56. The van der Waals surface area contributed by atoms with E-state index in [9.17, 15) is 14.0 Å². The summed E-state index contributed by atoms with van der Waals surface area (Å²) in [6.07, 6.45) is 1.31. The first-order valence-corrected chi connectivity index (χ1v) is 15.3. The van der Waals surface area contributed by atoms with Gasteiger partial charge in [0.05, 0.1) is 31.0 Å². The van der Waals surface area contributed by atoms with Crippen molar-refractivity contribution in [1.82, 2.24) is 25.7 Å².